The third-order valence-corrected chi connectivity index (χ3v) is 5.56. The summed E-state index contributed by atoms with van der Waals surface area (Å²) >= 11 is 0. The minimum atomic E-state index is -1.60. The number of ether oxygens (including phenoxy) is 1. The van der Waals surface area contributed by atoms with E-state index in [0.717, 1.165) is 6.42 Å². The van der Waals surface area contributed by atoms with E-state index in [1.54, 1.807) is 18.2 Å². The normalized spacial score (nSPS) is 26.3. The number of allylic oxidation sites excluding steroid dienone is 9. The van der Waals surface area contributed by atoms with Gasteiger partial charge in [0.2, 0.25) is 17.6 Å². The number of epoxide rings is 1. The van der Waals surface area contributed by atoms with Gasteiger partial charge < -0.3 is 25.6 Å². The summed E-state index contributed by atoms with van der Waals surface area (Å²) in [6.45, 7) is 4.17. The van der Waals surface area contributed by atoms with Crippen molar-refractivity contribution in [3.8, 4) is 0 Å². The maximum atomic E-state index is 12.4. The lowest BCUT2D eigenvalue weighted by Gasteiger charge is -2.23. The van der Waals surface area contributed by atoms with Gasteiger partial charge in [-0.3, -0.25) is 19.2 Å². The van der Waals surface area contributed by atoms with Crippen molar-refractivity contribution in [1.82, 2.24) is 10.6 Å². The molecule has 0 spiro atoms. The number of aliphatic hydroxyl groups excluding tert-OH is 1. The maximum absolute atomic E-state index is 12.4. The average molecular weight is 495 g/mol. The molecule has 0 radical (unpaired) electrons. The molecule has 36 heavy (non-hydrogen) atoms. The van der Waals surface area contributed by atoms with Gasteiger partial charge in [0, 0.05) is 25.0 Å². The molecular formula is C27H30N2O7. The lowest BCUT2D eigenvalue weighted by atomic mass is 9.88. The Hall–Kier alpha value is -3.82. The van der Waals surface area contributed by atoms with Gasteiger partial charge in [0.15, 0.2) is 11.9 Å². The second-order valence-electron chi connectivity index (χ2n) is 9.03. The molecule has 3 unspecified atom stereocenters. The van der Waals surface area contributed by atoms with Crippen LogP contribution in [-0.2, 0) is 23.9 Å². The predicted molar refractivity (Wildman–Crippen MR) is 132 cm³/mol. The van der Waals surface area contributed by atoms with Gasteiger partial charge in [0.05, 0.1) is 5.70 Å². The first-order chi connectivity index (χ1) is 17.1. The molecule has 3 aliphatic rings. The van der Waals surface area contributed by atoms with Crippen LogP contribution in [0.2, 0.25) is 0 Å². The van der Waals surface area contributed by atoms with E-state index in [1.807, 2.05) is 6.08 Å². The van der Waals surface area contributed by atoms with E-state index in [-0.39, 0.29) is 35.8 Å². The van der Waals surface area contributed by atoms with Crippen molar-refractivity contribution in [2.24, 2.45) is 5.92 Å². The SMILES string of the molecule is CC(C)C/C=C/C=C/C(=O)NC1=CC(O)(/C=C/C=C/C=C/C(=O)NC2=C(O)CCC2=O)C2OC2C1=O. The van der Waals surface area contributed by atoms with Crippen molar-refractivity contribution < 1.29 is 34.1 Å². The van der Waals surface area contributed by atoms with Crippen LogP contribution in [0.5, 0.6) is 0 Å². The number of nitrogens with one attached hydrogen (secondary N) is 2. The van der Waals surface area contributed by atoms with Crippen LogP contribution in [0.15, 0.2) is 84.0 Å². The fourth-order valence-corrected chi connectivity index (χ4v) is 3.62. The highest BCUT2D eigenvalue weighted by Gasteiger charge is 2.59. The van der Waals surface area contributed by atoms with Gasteiger partial charge in [-0.25, -0.2) is 0 Å². The predicted octanol–water partition coefficient (Wildman–Crippen LogP) is 2.14. The van der Waals surface area contributed by atoms with E-state index in [2.05, 4.69) is 24.5 Å². The van der Waals surface area contributed by atoms with E-state index in [1.165, 1.54) is 42.5 Å². The highest BCUT2D eigenvalue weighted by atomic mass is 16.6. The summed E-state index contributed by atoms with van der Waals surface area (Å²) < 4.78 is 5.32. The van der Waals surface area contributed by atoms with Crippen LogP contribution >= 0.6 is 0 Å². The van der Waals surface area contributed by atoms with E-state index >= 15 is 0 Å². The molecule has 3 rings (SSSR count). The quantitative estimate of drug-likeness (QED) is 0.207. The van der Waals surface area contributed by atoms with Crippen LogP contribution in [-0.4, -0.2) is 51.4 Å². The first-order valence-corrected chi connectivity index (χ1v) is 11.7. The van der Waals surface area contributed by atoms with Crippen molar-refractivity contribution in [3.63, 3.8) is 0 Å². The molecule has 1 aliphatic heterocycles. The van der Waals surface area contributed by atoms with E-state index in [9.17, 15) is 29.4 Å². The van der Waals surface area contributed by atoms with Crippen LogP contribution < -0.4 is 10.6 Å². The fraction of sp³-hybridized carbons (Fsp3) is 0.333. The number of hydrogen-bond donors (Lipinski definition) is 4. The Labute approximate surface area is 209 Å². The van der Waals surface area contributed by atoms with E-state index in [0.29, 0.717) is 5.92 Å². The number of amides is 2. The number of ketones is 2. The van der Waals surface area contributed by atoms with Crippen LogP contribution in [0.25, 0.3) is 0 Å². The molecule has 4 N–H and O–H groups in total. The minimum Gasteiger partial charge on any atom is -0.510 e. The van der Waals surface area contributed by atoms with Crippen LogP contribution in [0, 0.1) is 5.92 Å². The molecule has 0 aromatic rings. The molecule has 9 nitrogen and oxygen atoms in total. The summed E-state index contributed by atoms with van der Waals surface area (Å²) in [5.74, 6) is -1.39. The summed E-state index contributed by atoms with van der Waals surface area (Å²) in [5.41, 5.74) is -1.71. The lowest BCUT2D eigenvalue weighted by molar-refractivity contribution is -0.121. The van der Waals surface area contributed by atoms with Gasteiger partial charge in [-0.05, 0) is 24.5 Å². The van der Waals surface area contributed by atoms with Gasteiger partial charge in [-0.15, -0.1) is 0 Å². The fourth-order valence-electron chi connectivity index (χ4n) is 3.62. The van der Waals surface area contributed by atoms with Crippen molar-refractivity contribution in [1.29, 1.82) is 0 Å². The Balaban J connectivity index is 1.56. The molecule has 2 aliphatic carbocycles. The number of carbonyl (C=O) groups is 4. The Morgan fingerprint density at radius 1 is 1.06 bits per heavy atom. The first kappa shape index (κ1) is 26.8. The van der Waals surface area contributed by atoms with Crippen LogP contribution in [0.3, 0.4) is 0 Å². The lowest BCUT2D eigenvalue weighted by Crippen LogP contribution is -2.42. The third kappa shape index (κ3) is 7.10. The summed E-state index contributed by atoms with van der Waals surface area (Å²) in [5, 5.41) is 25.4. The van der Waals surface area contributed by atoms with Gasteiger partial charge in [0.1, 0.15) is 23.2 Å². The van der Waals surface area contributed by atoms with E-state index in [4.69, 9.17) is 4.74 Å². The molecular weight excluding hydrogens is 464 g/mol. The smallest absolute Gasteiger partial charge is 0.248 e. The van der Waals surface area contributed by atoms with Crippen LogP contribution in [0.4, 0.5) is 0 Å². The third-order valence-electron chi connectivity index (χ3n) is 5.56. The summed E-state index contributed by atoms with van der Waals surface area (Å²) in [7, 11) is 0. The zero-order valence-corrected chi connectivity index (χ0v) is 20.1. The van der Waals surface area contributed by atoms with E-state index < -0.39 is 35.4 Å². The monoisotopic (exact) mass is 494 g/mol. The second-order valence-corrected chi connectivity index (χ2v) is 9.03. The number of rotatable bonds is 10. The van der Waals surface area contributed by atoms with Gasteiger partial charge >= 0.3 is 0 Å². The molecule has 0 aromatic heterocycles. The van der Waals surface area contributed by atoms with Gasteiger partial charge in [-0.2, -0.15) is 0 Å². The Kier molecular flexibility index (Phi) is 8.73. The summed E-state index contributed by atoms with van der Waals surface area (Å²) in [4.78, 5) is 48.0. The Morgan fingerprint density at radius 2 is 1.72 bits per heavy atom. The molecule has 1 saturated heterocycles. The minimum absolute atomic E-state index is 0.0405. The molecule has 0 saturated carbocycles. The Morgan fingerprint density at radius 3 is 2.39 bits per heavy atom. The number of fused-ring (bicyclic) bond motifs is 1. The molecule has 0 aromatic carbocycles. The topological polar surface area (TPSA) is 145 Å². The average Bonchev–Trinajstić information content (AvgIpc) is 3.58. The van der Waals surface area contributed by atoms with Crippen molar-refractivity contribution >= 4 is 23.4 Å². The molecule has 1 fully saturated rings. The van der Waals surface area contributed by atoms with Crippen molar-refractivity contribution in [2.45, 2.75) is 50.9 Å². The molecule has 9 heteroatoms. The van der Waals surface area contributed by atoms with Gasteiger partial charge in [-0.1, -0.05) is 56.4 Å². The number of aliphatic hydroxyl groups is 2. The molecule has 0 bridgehead atoms. The van der Waals surface area contributed by atoms with Crippen molar-refractivity contribution in [3.05, 3.63) is 84.0 Å². The summed E-state index contributed by atoms with van der Waals surface area (Å²) in [6, 6.07) is 0. The second kappa shape index (κ2) is 11.7. The number of Topliss-reactive ketones (excluding diaryl/α,β-unsaturated/α-hetero) is 2. The zero-order chi connectivity index (χ0) is 26.3. The molecule has 2 amide bonds. The standard InChI is InChI=1S/C27H30N2O7/c1-17(2)10-6-5-8-11-21(32)28-18-16-27(35,26-25(36-26)24(18)34)15-9-4-3-7-12-22(33)29-23-19(30)13-14-20(23)31/h3-9,11-12,15-17,25-26,30,35H,10,13-14H2,1-2H3,(H,28,32)(H,29,33)/b4-3+,6-5+,11-8+,12-7+,15-9+. The Bertz CT molecular complexity index is 1140. The van der Waals surface area contributed by atoms with Crippen molar-refractivity contribution in [2.75, 3.05) is 0 Å². The summed E-state index contributed by atoms with van der Waals surface area (Å²) in [6.07, 6.45) is 16.2. The van der Waals surface area contributed by atoms with Gasteiger partial charge in [0.25, 0.3) is 0 Å². The largest absolute Gasteiger partial charge is 0.510 e. The zero-order valence-electron chi connectivity index (χ0n) is 20.1. The number of hydrogen-bond acceptors (Lipinski definition) is 7. The first-order valence-electron chi connectivity index (χ1n) is 11.7. The number of carbonyl (C=O) groups excluding carboxylic acids is 4. The molecule has 3 atom stereocenters. The molecule has 190 valence electrons. The highest BCUT2D eigenvalue weighted by molar-refractivity contribution is 6.06. The highest BCUT2D eigenvalue weighted by Crippen LogP contribution is 2.40. The maximum Gasteiger partial charge on any atom is 0.248 e. The molecule has 1 heterocycles. The van der Waals surface area contributed by atoms with Crippen LogP contribution in [0.1, 0.15) is 33.1 Å².